The first kappa shape index (κ1) is 17.2. The van der Waals surface area contributed by atoms with Gasteiger partial charge in [-0.2, -0.15) is 0 Å². The third-order valence-electron chi connectivity index (χ3n) is 3.83. The number of rotatable bonds is 10. The molecule has 0 aliphatic carbocycles. The molecule has 0 N–H and O–H groups in total. The van der Waals surface area contributed by atoms with E-state index < -0.39 is 5.97 Å². The maximum atomic E-state index is 5.57. The van der Waals surface area contributed by atoms with Crippen molar-refractivity contribution < 1.29 is 14.2 Å². The molecule has 1 aromatic rings. The highest BCUT2D eigenvalue weighted by molar-refractivity contribution is 5.21. The molecule has 0 fully saturated rings. The zero-order valence-electron chi connectivity index (χ0n) is 13.2. The molecule has 0 amide bonds. The number of hydrogen-bond acceptors (Lipinski definition) is 3. The van der Waals surface area contributed by atoms with E-state index in [1.165, 1.54) is 24.8 Å². The summed E-state index contributed by atoms with van der Waals surface area (Å²) in [6, 6.07) is 10.3. The molecule has 3 heteroatoms. The van der Waals surface area contributed by atoms with Gasteiger partial charge in [0.15, 0.2) is 0 Å². The van der Waals surface area contributed by atoms with E-state index in [-0.39, 0.29) is 5.92 Å². The van der Waals surface area contributed by atoms with E-state index in [2.05, 4.69) is 19.1 Å². The molecule has 0 radical (unpaired) electrons. The highest BCUT2D eigenvalue weighted by Gasteiger charge is 2.40. The van der Waals surface area contributed by atoms with Crippen LogP contribution in [0.5, 0.6) is 0 Å². The number of ether oxygens (including phenoxy) is 3. The van der Waals surface area contributed by atoms with Crippen molar-refractivity contribution in [1.82, 2.24) is 0 Å². The average Bonchev–Trinajstić information content (AvgIpc) is 2.52. The lowest BCUT2D eigenvalue weighted by Crippen LogP contribution is -2.42. The fraction of sp³-hybridized carbons (Fsp3) is 0.647. The number of methoxy groups -OCH3 is 3. The van der Waals surface area contributed by atoms with Gasteiger partial charge in [-0.15, -0.1) is 0 Å². The van der Waals surface area contributed by atoms with Crippen molar-refractivity contribution in [2.45, 2.75) is 50.9 Å². The minimum Gasteiger partial charge on any atom is -0.330 e. The molecule has 3 nitrogen and oxygen atoms in total. The number of benzene rings is 1. The Morgan fingerprint density at radius 1 is 0.900 bits per heavy atom. The second-order valence-corrected chi connectivity index (χ2v) is 5.03. The first-order chi connectivity index (χ1) is 9.74. The summed E-state index contributed by atoms with van der Waals surface area (Å²) in [7, 11) is 4.90. The molecule has 1 rings (SSSR count). The lowest BCUT2D eigenvalue weighted by molar-refractivity contribution is -0.365. The van der Waals surface area contributed by atoms with Gasteiger partial charge in [-0.1, -0.05) is 62.9 Å². The quantitative estimate of drug-likeness (QED) is 0.471. The molecule has 20 heavy (non-hydrogen) atoms. The molecule has 1 atom stereocenters. The third-order valence-corrected chi connectivity index (χ3v) is 3.83. The van der Waals surface area contributed by atoms with Gasteiger partial charge in [0.25, 0.3) is 5.97 Å². The second kappa shape index (κ2) is 9.11. The van der Waals surface area contributed by atoms with Crippen LogP contribution in [0.1, 0.15) is 50.5 Å². The monoisotopic (exact) mass is 280 g/mol. The molecule has 1 unspecified atom stereocenters. The molecule has 0 spiro atoms. The summed E-state index contributed by atoms with van der Waals surface area (Å²) >= 11 is 0. The molecular weight excluding hydrogens is 252 g/mol. The van der Waals surface area contributed by atoms with Gasteiger partial charge in [-0.05, 0) is 12.0 Å². The van der Waals surface area contributed by atoms with Crippen LogP contribution in [-0.2, 0) is 14.2 Å². The maximum Gasteiger partial charge on any atom is 0.289 e. The van der Waals surface area contributed by atoms with E-state index in [1.807, 2.05) is 18.2 Å². The van der Waals surface area contributed by atoms with Crippen molar-refractivity contribution >= 4 is 0 Å². The molecule has 0 saturated heterocycles. The zero-order valence-corrected chi connectivity index (χ0v) is 13.2. The highest BCUT2D eigenvalue weighted by atomic mass is 16.9. The van der Waals surface area contributed by atoms with Crippen LogP contribution in [0.4, 0.5) is 0 Å². The third kappa shape index (κ3) is 4.30. The predicted octanol–water partition coefficient (Wildman–Crippen LogP) is 4.33. The molecule has 0 bridgehead atoms. The summed E-state index contributed by atoms with van der Waals surface area (Å²) in [5, 5.41) is 0. The molecule has 0 heterocycles. The Morgan fingerprint density at radius 3 is 2.00 bits per heavy atom. The molecule has 0 aromatic heterocycles. The van der Waals surface area contributed by atoms with Crippen molar-refractivity contribution in [3.05, 3.63) is 35.9 Å². The Morgan fingerprint density at radius 2 is 1.50 bits per heavy atom. The topological polar surface area (TPSA) is 27.7 Å². The van der Waals surface area contributed by atoms with Crippen LogP contribution >= 0.6 is 0 Å². The zero-order chi connectivity index (χ0) is 14.8. The van der Waals surface area contributed by atoms with Crippen molar-refractivity contribution in [2.75, 3.05) is 21.3 Å². The lowest BCUT2D eigenvalue weighted by Gasteiger charge is -2.36. The second-order valence-electron chi connectivity index (χ2n) is 5.03. The van der Waals surface area contributed by atoms with Crippen molar-refractivity contribution in [2.24, 2.45) is 0 Å². The van der Waals surface area contributed by atoms with Crippen LogP contribution in [0.2, 0.25) is 0 Å². The predicted molar refractivity (Wildman–Crippen MR) is 81.7 cm³/mol. The molecule has 1 aromatic carbocycles. The van der Waals surface area contributed by atoms with Crippen LogP contribution in [0.3, 0.4) is 0 Å². The standard InChI is InChI=1S/C17H28O3/c1-5-6-7-11-14-16(15-12-9-8-10-13-15)17(18-2,19-3)20-4/h8-10,12-13,16H,5-7,11,14H2,1-4H3. The first-order valence-corrected chi connectivity index (χ1v) is 7.44. The Hall–Kier alpha value is -0.900. The summed E-state index contributed by atoms with van der Waals surface area (Å²) < 4.78 is 16.7. The van der Waals surface area contributed by atoms with Crippen LogP contribution in [-0.4, -0.2) is 27.3 Å². The molecule has 114 valence electrons. The molecule has 0 aliphatic rings. The van der Waals surface area contributed by atoms with Crippen molar-refractivity contribution in [3.8, 4) is 0 Å². The van der Waals surface area contributed by atoms with E-state index in [0.717, 1.165) is 12.8 Å². The van der Waals surface area contributed by atoms with Crippen LogP contribution in [0, 0.1) is 0 Å². The van der Waals surface area contributed by atoms with E-state index in [9.17, 15) is 0 Å². The van der Waals surface area contributed by atoms with Gasteiger partial charge >= 0.3 is 0 Å². The van der Waals surface area contributed by atoms with Gasteiger partial charge in [0.2, 0.25) is 0 Å². The van der Waals surface area contributed by atoms with Crippen molar-refractivity contribution in [3.63, 3.8) is 0 Å². The first-order valence-electron chi connectivity index (χ1n) is 7.44. The van der Waals surface area contributed by atoms with Gasteiger partial charge in [-0.3, -0.25) is 0 Å². The Labute approximate surface area is 123 Å². The van der Waals surface area contributed by atoms with Gasteiger partial charge in [-0.25, -0.2) is 0 Å². The van der Waals surface area contributed by atoms with Crippen LogP contribution in [0.15, 0.2) is 30.3 Å². The smallest absolute Gasteiger partial charge is 0.289 e. The van der Waals surface area contributed by atoms with Crippen molar-refractivity contribution in [1.29, 1.82) is 0 Å². The largest absolute Gasteiger partial charge is 0.330 e. The van der Waals surface area contributed by atoms with E-state index >= 15 is 0 Å². The fourth-order valence-corrected chi connectivity index (χ4v) is 2.68. The molecular formula is C17H28O3. The summed E-state index contributed by atoms with van der Waals surface area (Å²) in [5.41, 5.74) is 1.19. The van der Waals surface area contributed by atoms with Gasteiger partial charge < -0.3 is 14.2 Å². The maximum absolute atomic E-state index is 5.57. The van der Waals surface area contributed by atoms with Gasteiger partial charge in [0.1, 0.15) is 0 Å². The molecule has 0 saturated carbocycles. The summed E-state index contributed by atoms with van der Waals surface area (Å²) in [4.78, 5) is 0. The lowest BCUT2D eigenvalue weighted by atomic mass is 9.90. The minimum absolute atomic E-state index is 0.0700. The Balaban J connectivity index is 2.89. The summed E-state index contributed by atoms with van der Waals surface area (Å²) in [5.74, 6) is -0.936. The van der Waals surface area contributed by atoms with E-state index in [4.69, 9.17) is 14.2 Å². The fourth-order valence-electron chi connectivity index (χ4n) is 2.68. The SMILES string of the molecule is CCCCCCC(c1ccccc1)C(OC)(OC)OC. The Kier molecular flexibility index (Phi) is 7.82. The average molecular weight is 280 g/mol. The van der Waals surface area contributed by atoms with E-state index in [0.29, 0.717) is 0 Å². The van der Waals surface area contributed by atoms with Gasteiger partial charge in [0.05, 0.1) is 5.92 Å². The number of unbranched alkanes of at least 4 members (excludes halogenated alkanes) is 3. The normalized spacial score (nSPS) is 13.4. The van der Waals surface area contributed by atoms with Crippen LogP contribution < -0.4 is 0 Å². The molecule has 0 aliphatic heterocycles. The van der Waals surface area contributed by atoms with Gasteiger partial charge in [0, 0.05) is 21.3 Å². The summed E-state index contributed by atoms with van der Waals surface area (Å²) in [6.07, 6.45) is 5.86. The Bertz CT molecular complexity index is 338. The minimum atomic E-state index is -1.01. The summed E-state index contributed by atoms with van der Waals surface area (Å²) in [6.45, 7) is 2.22. The highest BCUT2D eigenvalue weighted by Crippen LogP contribution is 2.36. The van der Waals surface area contributed by atoms with E-state index in [1.54, 1.807) is 21.3 Å². The number of hydrogen-bond donors (Lipinski definition) is 0. The van der Waals surface area contributed by atoms with Crippen LogP contribution in [0.25, 0.3) is 0 Å².